The van der Waals surface area contributed by atoms with Crippen molar-refractivity contribution >= 4 is 17.5 Å². The summed E-state index contributed by atoms with van der Waals surface area (Å²) in [5, 5.41) is 7.78. The SMILES string of the molecule is Cn1nc(C(=O)NCc2ccccc2Cl)cc1-c1ccc2c(c1)OCO2. The third-order valence-corrected chi connectivity index (χ3v) is 4.55. The minimum atomic E-state index is -0.257. The normalized spacial score (nSPS) is 12.2. The molecular formula is C19H16ClN3O3. The lowest BCUT2D eigenvalue weighted by atomic mass is 10.1. The van der Waals surface area contributed by atoms with Gasteiger partial charge < -0.3 is 14.8 Å². The Morgan fingerprint density at radius 1 is 1.19 bits per heavy atom. The molecule has 1 aromatic heterocycles. The molecule has 1 amide bonds. The van der Waals surface area contributed by atoms with Gasteiger partial charge >= 0.3 is 0 Å². The second-order valence-corrected chi connectivity index (χ2v) is 6.29. The maximum atomic E-state index is 12.4. The predicted octanol–water partition coefficient (Wildman–Crippen LogP) is 3.40. The van der Waals surface area contributed by atoms with Gasteiger partial charge in [0.15, 0.2) is 17.2 Å². The van der Waals surface area contributed by atoms with Crippen LogP contribution >= 0.6 is 11.6 Å². The smallest absolute Gasteiger partial charge is 0.272 e. The van der Waals surface area contributed by atoms with Gasteiger partial charge in [-0.15, -0.1) is 0 Å². The van der Waals surface area contributed by atoms with Crippen LogP contribution in [-0.2, 0) is 13.6 Å². The van der Waals surface area contributed by atoms with E-state index in [2.05, 4.69) is 10.4 Å². The fourth-order valence-corrected chi connectivity index (χ4v) is 3.01. The zero-order valence-corrected chi connectivity index (χ0v) is 14.8. The molecule has 1 N–H and O–H groups in total. The summed E-state index contributed by atoms with van der Waals surface area (Å²) in [7, 11) is 1.80. The number of aryl methyl sites for hydroxylation is 1. The number of nitrogens with one attached hydrogen (secondary N) is 1. The lowest BCUT2D eigenvalue weighted by Crippen LogP contribution is -2.23. The average Bonchev–Trinajstić information content (AvgIpc) is 3.26. The predicted molar refractivity (Wildman–Crippen MR) is 97.4 cm³/mol. The van der Waals surface area contributed by atoms with Crippen molar-refractivity contribution < 1.29 is 14.3 Å². The van der Waals surface area contributed by atoms with Crippen LogP contribution < -0.4 is 14.8 Å². The molecule has 1 aliphatic heterocycles. The minimum Gasteiger partial charge on any atom is -0.454 e. The van der Waals surface area contributed by atoms with Crippen LogP contribution in [-0.4, -0.2) is 22.5 Å². The van der Waals surface area contributed by atoms with E-state index in [1.165, 1.54) is 0 Å². The third kappa shape index (κ3) is 3.11. The summed E-state index contributed by atoms with van der Waals surface area (Å²) in [4.78, 5) is 12.4. The van der Waals surface area contributed by atoms with Gasteiger partial charge in [-0.05, 0) is 35.9 Å². The largest absolute Gasteiger partial charge is 0.454 e. The second-order valence-electron chi connectivity index (χ2n) is 5.88. The molecule has 3 aromatic rings. The minimum absolute atomic E-state index is 0.222. The van der Waals surface area contributed by atoms with E-state index in [4.69, 9.17) is 21.1 Å². The number of hydrogen-bond donors (Lipinski definition) is 1. The molecule has 0 unspecified atom stereocenters. The van der Waals surface area contributed by atoms with Crippen LogP contribution in [0.3, 0.4) is 0 Å². The molecule has 26 heavy (non-hydrogen) atoms. The number of carbonyl (C=O) groups is 1. The first-order chi connectivity index (χ1) is 12.6. The van der Waals surface area contributed by atoms with Gasteiger partial charge in [-0.2, -0.15) is 5.10 Å². The van der Waals surface area contributed by atoms with E-state index < -0.39 is 0 Å². The fourth-order valence-electron chi connectivity index (χ4n) is 2.81. The summed E-state index contributed by atoms with van der Waals surface area (Å²) in [6.07, 6.45) is 0. The first kappa shape index (κ1) is 16.5. The molecule has 0 radical (unpaired) electrons. The van der Waals surface area contributed by atoms with Gasteiger partial charge in [0.25, 0.3) is 5.91 Å². The number of fused-ring (bicyclic) bond motifs is 1. The summed E-state index contributed by atoms with van der Waals surface area (Å²) in [6.45, 7) is 0.564. The number of halogens is 1. The van der Waals surface area contributed by atoms with Crippen LogP contribution in [0.4, 0.5) is 0 Å². The highest BCUT2D eigenvalue weighted by molar-refractivity contribution is 6.31. The van der Waals surface area contributed by atoms with Crippen molar-refractivity contribution in [3.63, 3.8) is 0 Å². The summed E-state index contributed by atoms with van der Waals surface area (Å²) >= 11 is 6.12. The number of carbonyl (C=O) groups excluding carboxylic acids is 1. The standard InChI is InChI=1S/C19H16ClN3O3/c1-23-16(12-6-7-17-18(8-12)26-11-25-17)9-15(22-23)19(24)21-10-13-4-2-3-5-14(13)20/h2-9H,10-11H2,1H3,(H,21,24). The number of ether oxygens (including phenoxy) is 2. The monoisotopic (exact) mass is 369 g/mol. The number of benzene rings is 2. The first-order valence-corrected chi connectivity index (χ1v) is 8.45. The third-order valence-electron chi connectivity index (χ3n) is 4.18. The number of amides is 1. The Kier molecular flexibility index (Phi) is 4.26. The van der Waals surface area contributed by atoms with E-state index in [9.17, 15) is 4.79 Å². The van der Waals surface area contributed by atoms with Crippen LogP contribution in [0.15, 0.2) is 48.5 Å². The quantitative estimate of drug-likeness (QED) is 0.765. The molecule has 0 aliphatic carbocycles. The first-order valence-electron chi connectivity index (χ1n) is 8.07. The topological polar surface area (TPSA) is 65.4 Å². The molecule has 0 atom stereocenters. The zero-order chi connectivity index (χ0) is 18.1. The number of nitrogens with zero attached hydrogens (tertiary/aromatic N) is 2. The van der Waals surface area contributed by atoms with Crippen LogP contribution in [0.1, 0.15) is 16.1 Å². The number of rotatable bonds is 4. The van der Waals surface area contributed by atoms with E-state index in [1.807, 2.05) is 36.4 Å². The van der Waals surface area contributed by atoms with Gasteiger partial charge in [0, 0.05) is 24.2 Å². The Morgan fingerprint density at radius 2 is 2.00 bits per heavy atom. The van der Waals surface area contributed by atoms with Crippen LogP contribution in [0.5, 0.6) is 11.5 Å². The van der Waals surface area contributed by atoms with Gasteiger partial charge in [0.2, 0.25) is 6.79 Å². The summed E-state index contributed by atoms with van der Waals surface area (Å²) in [6, 6.07) is 14.8. The molecule has 2 aromatic carbocycles. The van der Waals surface area contributed by atoms with Crippen molar-refractivity contribution in [2.24, 2.45) is 7.05 Å². The molecule has 0 saturated carbocycles. The molecule has 6 nitrogen and oxygen atoms in total. The fraction of sp³-hybridized carbons (Fsp3) is 0.158. The van der Waals surface area contributed by atoms with E-state index in [0.29, 0.717) is 28.8 Å². The molecule has 2 heterocycles. The van der Waals surface area contributed by atoms with E-state index >= 15 is 0 Å². The summed E-state index contributed by atoms with van der Waals surface area (Å²) in [5.74, 6) is 1.15. The second kappa shape index (κ2) is 6.72. The van der Waals surface area contributed by atoms with Crippen molar-refractivity contribution in [2.45, 2.75) is 6.54 Å². The van der Waals surface area contributed by atoms with Crippen molar-refractivity contribution in [1.82, 2.24) is 15.1 Å². The van der Waals surface area contributed by atoms with Crippen molar-refractivity contribution in [1.29, 1.82) is 0 Å². The summed E-state index contributed by atoms with van der Waals surface area (Å²) < 4.78 is 12.4. The Hall–Kier alpha value is -2.99. The van der Waals surface area contributed by atoms with E-state index in [1.54, 1.807) is 23.9 Å². The molecule has 4 rings (SSSR count). The van der Waals surface area contributed by atoms with Gasteiger partial charge in [0.05, 0.1) is 5.69 Å². The Bertz CT molecular complexity index is 984. The highest BCUT2D eigenvalue weighted by Gasteiger charge is 2.18. The summed E-state index contributed by atoms with van der Waals surface area (Å²) in [5.41, 5.74) is 2.90. The Balaban J connectivity index is 1.52. The maximum Gasteiger partial charge on any atom is 0.272 e. The van der Waals surface area contributed by atoms with Crippen molar-refractivity contribution in [3.05, 3.63) is 64.8 Å². The molecule has 1 aliphatic rings. The molecule has 0 fully saturated rings. The Morgan fingerprint density at radius 3 is 2.85 bits per heavy atom. The van der Waals surface area contributed by atoms with Gasteiger partial charge in [-0.3, -0.25) is 9.48 Å². The van der Waals surface area contributed by atoms with Gasteiger partial charge in [-0.25, -0.2) is 0 Å². The van der Waals surface area contributed by atoms with Crippen molar-refractivity contribution in [3.8, 4) is 22.8 Å². The van der Waals surface area contributed by atoms with E-state index in [0.717, 1.165) is 16.8 Å². The molecule has 0 saturated heterocycles. The zero-order valence-electron chi connectivity index (χ0n) is 14.0. The maximum absolute atomic E-state index is 12.4. The molecule has 132 valence electrons. The van der Waals surface area contributed by atoms with Gasteiger partial charge in [0.1, 0.15) is 0 Å². The van der Waals surface area contributed by atoms with Crippen LogP contribution in [0.2, 0.25) is 5.02 Å². The number of aromatic nitrogens is 2. The van der Waals surface area contributed by atoms with Gasteiger partial charge in [-0.1, -0.05) is 29.8 Å². The van der Waals surface area contributed by atoms with Crippen LogP contribution in [0.25, 0.3) is 11.3 Å². The number of hydrogen-bond acceptors (Lipinski definition) is 4. The average molecular weight is 370 g/mol. The lowest BCUT2D eigenvalue weighted by Gasteiger charge is -2.05. The molecule has 0 bridgehead atoms. The highest BCUT2D eigenvalue weighted by Crippen LogP contribution is 2.35. The van der Waals surface area contributed by atoms with Crippen molar-refractivity contribution in [2.75, 3.05) is 6.79 Å². The molecule has 7 heteroatoms. The van der Waals surface area contributed by atoms with E-state index in [-0.39, 0.29) is 12.7 Å². The Labute approximate surface area is 155 Å². The highest BCUT2D eigenvalue weighted by atomic mass is 35.5. The lowest BCUT2D eigenvalue weighted by molar-refractivity contribution is 0.0945. The molecular weight excluding hydrogens is 354 g/mol. The molecule has 0 spiro atoms. The van der Waals surface area contributed by atoms with Crippen LogP contribution in [0, 0.1) is 0 Å².